The van der Waals surface area contributed by atoms with Crippen LogP contribution in [0.3, 0.4) is 0 Å². The number of halogens is 2. The van der Waals surface area contributed by atoms with Crippen molar-refractivity contribution in [2.75, 3.05) is 44.2 Å². The van der Waals surface area contributed by atoms with Gasteiger partial charge in [0.05, 0.1) is 15.7 Å². The molecule has 1 aromatic rings. The number of hydrogen-bond acceptors (Lipinski definition) is 3. The third kappa shape index (κ3) is 3.86. The van der Waals surface area contributed by atoms with Gasteiger partial charge in [-0.1, -0.05) is 41.4 Å². The van der Waals surface area contributed by atoms with Gasteiger partial charge in [0.1, 0.15) is 0 Å². The Hall–Kier alpha value is -0.740. The van der Waals surface area contributed by atoms with Gasteiger partial charge in [0.25, 0.3) is 0 Å². The Bertz CT molecular complexity index is 440. The van der Waals surface area contributed by atoms with E-state index in [4.69, 9.17) is 28.9 Å². The Morgan fingerprint density at radius 2 is 1.84 bits per heavy atom. The molecule has 0 atom stereocenters. The maximum absolute atomic E-state index is 6.25. The lowest BCUT2D eigenvalue weighted by Crippen LogP contribution is -2.46. The van der Waals surface area contributed by atoms with Crippen LogP contribution in [0.2, 0.25) is 10.0 Å². The molecule has 0 saturated carbocycles. The van der Waals surface area contributed by atoms with E-state index >= 15 is 0 Å². The number of nitrogens with two attached hydrogens (primary N) is 1. The summed E-state index contributed by atoms with van der Waals surface area (Å²) in [5, 5.41) is 1.27. The molecule has 104 valence electrons. The largest absolute Gasteiger partial charge is 0.368 e. The molecule has 19 heavy (non-hydrogen) atoms. The standard InChI is InChI=1S/C14H19Cl2N3/c15-12-4-3-5-13(14(12)16)19-10-8-18(9-11-19)7-2-1-6-17/h1-5H,6-11,17H2. The highest BCUT2D eigenvalue weighted by atomic mass is 35.5. The van der Waals surface area contributed by atoms with Gasteiger partial charge in [0.2, 0.25) is 0 Å². The molecule has 0 aliphatic carbocycles. The Morgan fingerprint density at radius 3 is 2.53 bits per heavy atom. The monoisotopic (exact) mass is 299 g/mol. The Balaban J connectivity index is 1.92. The molecule has 1 saturated heterocycles. The van der Waals surface area contributed by atoms with Gasteiger partial charge in [-0.15, -0.1) is 0 Å². The van der Waals surface area contributed by atoms with Crippen LogP contribution in [0.4, 0.5) is 5.69 Å². The number of hydrogen-bond donors (Lipinski definition) is 1. The highest BCUT2D eigenvalue weighted by Gasteiger charge is 2.18. The van der Waals surface area contributed by atoms with Gasteiger partial charge in [0, 0.05) is 39.3 Å². The fraction of sp³-hybridized carbons (Fsp3) is 0.429. The second-order valence-electron chi connectivity index (χ2n) is 4.57. The zero-order chi connectivity index (χ0) is 13.7. The van der Waals surface area contributed by atoms with Crippen molar-refractivity contribution in [2.45, 2.75) is 0 Å². The second-order valence-corrected chi connectivity index (χ2v) is 5.35. The molecule has 3 nitrogen and oxygen atoms in total. The molecule has 0 amide bonds. The summed E-state index contributed by atoms with van der Waals surface area (Å²) in [6.45, 7) is 5.56. The molecule has 2 rings (SSSR count). The molecule has 1 aromatic carbocycles. The van der Waals surface area contributed by atoms with Crippen LogP contribution in [0.15, 0.2) is 30.4 Å². The summed E-state index contributed by atoms with van der Waals surface area (Å²) in [6.07, 6.45) is 4.13. The zero-order valence-corrected chi connectivity index (χ0v) is 12.4. The van der Waals surface area contributed by atoms with Gasteiger partial charge in [-0.2, -0.15) is 0 Å². The predicted molar refractivity (Wildman–Crippen MR) is 83.3 cm³/mol. The number of rotatable bonds is 4. The van der Waals surface area contributed by atoms with Gasteiger partial charge in [-0.05, 0) is 12.1 Å². The van der Waals surface area contributed by atoms with Crippen molar-refractivity contribution >= 4 is 28.9 Å². The predicted octanol–water partition coefficient (Wildman–Crippen LogP) is 2.63. The molecular formula is C14H19Cl2N3. The van der Waals surface area contributed by atoms with Gasteiger partial charge in [0.15, 0.2) is 0 Å². The minimum absolute atomic E-state index is 0.609. The Labute approximate surface area is 124 Å². The van der Waals surface area contributed by atoms with E-state index in [-0.39, 0.29) is 0 Å². The normalized spacial score (nSPS) is 17.3. The van der Waals surface area contributed by atoms with Crippen LogP contribution in [0.1, 0.15) is 0 Å². The molecule has 0 radical (unpaired) electrons. The fourth-order valence-corrected chi connectivity index (χ4v) is 2.64. The maximum atomic E-state index is 6.25. The van der Waals surface area contributed by atoms with E-state index in [1.54, 1.807) is 0 Å². The molecule has 1 fully saturated rings. The van der Waals surface area contributed by atoms with Gasteiger partial charge in [-0.3, -0.25) is 4.90 Å². The van der Waals surface area contributed by atoms with Crippen LogP contribution in [0.5, 0.6) is 0 Å². The van der Waals surface area contributed by atoms with Gasteiger partial charge >= 0.3 is 0 Å². The molecule has 0 spiro atoms. The van der Waals surface area contributed by atoms with Crippen LogP contribution in [-0.4, -0.2) is 44.2 Å². The first-order valence-electron chi connectivity index (χ1n) is 6.48. The first-order chi connectivity index (χ1) is 9.22. The Morgan fingerprint density at radius 1 is 1.11 bits per heavy atom. The lowest BCUT2D eigenvalue weighted by Gasteiger charge is -2.36. The van der Waals surface area contributed by atoms with E-state index in [9.17, 15) is 0 Å². The zero-order valence-electron chi connectivity index (χ0n) is 10.9. The molecule has 0 bridgehead atoms. The van der Waals surface area contributed by atoms with E-state index < -0.39 is 0 Å². The average Bonchev–Trinajstić information content (AvgIpc) is 2.43. The van der Waals surface area contributed by atoms with E-state index in [0.29, 0.717) is 16.6 Å². The lowest BCUT2D eigenvalue weighted by molar-refractivity contribution is 0.284. The van der Waals surface area contributed by atoms with E-state index in [1.807, 2.05) is 24.3 Å². The highest BCUT2D eigenvalue weighted by Crippen LogP contribution is 2.32. The minimum atomic E-state index is 0.609. The van der Waals surface area contributed by atoms with Gasteiger partial charge < -0.3 is 10.6 Å². The van der Waals surface area contributed by atoms with Crippen molar-refractivity contribution in [2.24, 2.45) is 5.73 Å². The summed E-state index contributed by atoms with van der Waals surface area (Å²) in [4.78, 5) is 4.69. The smallest absolute Gasteiger partial charge is 0.0825 e. The third-order valence-corrected chi connectivity index (χ3v) is 4.12. The summed E-state index contributed by atoms with van der Waals surface area (Å²) < 4.78 is 0. The summed E-state index contributed by atoms with van der Waals surface area (Å²) in [5.41, 5.74) is 6.47. The van der Waals surface area contributed by atoms with E-state index in [0.717, 1.165) is 38.4 Å². The molecule has 0 unspecified atom stereocenters. The van der Waals surface area contributed by atoms with E-state index in [2.05, 4.69) is 15.9 Å². The quantitative estimate of drug-likeness (QED) is 0.868. The number of nitrogens with zero attached hydrogens (tertiary/aromatic N) is 2. The Kier molecular flexibility index (Phi) is 5.52. The van der Waals surface area contributed by atoms with Crippen LogP contribution >= 0.6 is 23.2 Å². The minimum Gasteiger partial charge on any atom is -0.368 e. The van der Waals surface area contributed by atoms with Crippen molar-refractivity contribution in [3.05, 3.63) is 40.4 Å². The van der Waals surface area contributed by atoms with Crippen molar-refractivity contribution in [3.8, 4) is 0 Å². The maximum Gasteiger partial charge on any atom is 0.0825 e. The highest BCUT2D eigenvalue weighted by molar-refractivity contribution is 6.43. The molecule has 5 heteroatoms. The van der Waals surface area contributed by atoms with Crippen molar-refractivity contribution in [3.63, 3.8) is 0 Å². The van der Waals surface area contributed by atoms with Gasteiger partial charge in [-0.25, -0.2) is 0 Å². The van der Waals surface area contributed by atoms with Crippen molar-refractivity contribution in [1.82, 2.24) is 4.90 Å². The molecule has 0 aromatic heterocycles. The third-order valence-electron chi connectivity index (χ3n) is 3.31. The summed E-state index contributed by atoms with van der Waals surface area (Å²) in [6, 6.07) is 5.79. The topological polar surface area (TPSA) is 32.5 Å². The molecule has 2 N–H and O–H groups in total. The lowest BCUT2D eigenvalue weighted by atomic mass is 10.2. The van der Waals surface area contributed by atoms with Crippen LogP contribution < -0.4 is 10.6 Å². The van der Waals surface area contributed by atoms with Crippen molar-refractivity contribution < 1.29 is 0 Å². The van der Waals surface area contributed by atoms with Crippen molar-refractivity contribution in [1.29, 1.82) is 0 Å². The van der Waals surface area contributed by atoms with Crippen LogP contribution in [-0.2, 0) is 0 Å². The van der Waals surface area contributed by atoms with Crippen LogP contribution in [0, 0.1) is 0 Å². The number of benzene rings is 1. The first-order valence-corrected chi connectivity index (χ1v) is 7.24. The average molecular weight is 300 g/mol. The fourth-order valence-electron chi connectivity index (χ4n) is 2.23. The molecule has 1 aliphatic heterocycles. The number of anilines is 1. The molecule has 1 aliphatic rings. The summed E-state index contributed by atoms with van der Waals surface area (Å²) in [7, 11) is 0. The van der Waals surface area contributed by atoms with E-state index in [1.165, 1.54) is 0 Å². The number of piperazine rings is 1. The molecular weight excluding hydrogens is 281 g/mol. The SMILES string of the molecule is NCC=CCN1CCN(c2cccc(Cl)c2Cl)CC1. The summed E-state index contributed by atoms with van der Waals surface area (Å²) >= 11 is 12.3. The molecule has 1 heterocycles. The first kappa shape index (κ1) is 14.7. The van der Waals surface area contributed by atoms with Crippen LogP contribution in [0.25, 0.3) is 0 Å². The second kappa shape index (κ2) is 7.15. The summed E-state index contributed by atoms with van der Waals surface area (Å²) in [5.74, 6) is 0.